The number of H-pyrrole nitrogens is 1. The molecule has 0 spiro atoms. The Morgan fingerprint density at radius 3 is 3.00 bits per heavy atom. The van der Waals surface area contributed by atoms with E-state index in [2.05, 4.69) is 15.0 Å². The number of aromatic amines is 1. The molecule has 0 saturated heterocycles. The highest BCUT2D eigenvalue weighted by Crippen LogP contribution is 2.14. The van der Waals surface area contributed by atoms with E-state index in [4.69, 9.17) is 5.11 Å². The van der Waals surface area contributed by atoms with Gasteiger partial charge in [-0.05, 0) is 13.0 Å². The molecular formula is C8H7N3O2. The summed E-state index contributed by atoms with van der Waals surface area (Å²) >= 11 is 0. The topological polar surface area (TPSA) is 78.9 Å². The maximum atomic E-state index is 10.7. The third-order valence-electron chi connectivity index (χ3n) is 1.76. The lowest BCUT2D eigenvalue weighted by atomic mass is 10.3. The van der Waals surface area contributed by atoms with Crippen LogP contribution in [0.2, 0.25) is 0 Å². The molecule has 13 heavy (non-hydrogen) atoms. The Morgan fingerprint density at radius 1 is 1.54 bits per heavy atom. The summed E-state index contributed by atoms with van der Waals surface area (Å²) in [5, 5.41) is 9.34. The minimum atomic E-state index is -1.04. The number of hydrogen-bond donors (Lipinski definition) is 2. The quantitative estimate of drug-likeness (QED) is 0.680. The van der Waals surface area contributed by atoms with Gasteiger partial charge in [-0.15, -0.1) is 0 Å². The second-order valence-electron chi connectivity index (χ2n) is 2.74. The van der Waals surface area contributed by atoms with Crippen LogP contribution >= 0.6 is 0 Å². The first kappa shape index (κ1) is 7.72. The van der Waals surface area contributed by atoms with E-state index in [-0.39, 0.29) is 5.69 Å². The molecule has 2 rings (SSSR count). The van der Waals surface area contributed by atoms with Crippen molar-refractivity contribution in [3.8, 4) is 0 Å². The Hall–Kier alpha value is -1.91. The van der Waals surface area contributed by atoms with Crippen LogP contribution in [0.1, 0.15) is 16.2 Å². The van der Waals surface area contributed by atoms with Gasteiger partial charge in [0.25, 0.3) is 0 Å². The number of nitrogens with zero attached hydrogens (tertiary/aromatic N) is 2. The molecule has 2 N–H and O–H groups in total. The molecule has 0 aliphatic carbocycles. The van der Waals surface area contributed by atoms with Crippen molar-refractivity contribution in [2.45, 2.75) is 6.92 Å². The number of carbonyl (C=O) groups is 1. The first-order valence-corrected chi connectivity index (χ1v) is 3.72. The van der Waals surface area contributed by atoms with Crippen LogP contribution in [0.4, 0.5) is 0 Å². The maximum Gasteiger partial charge on any atom is 0.355 e. The van der Waals surface area contributed by atoms with Crippen molar-refractivity contribution in [1.82, 2.24) is 15.0 Å². The first-order valence-electron chi connectivity index (χ1n) is 3.72. The van der Waals surface area contributed by atoms with Gasteiger partial charge < -0.3 is 10.1 Å². The molecule has 0 aliphatic heterocycles. The number of nitrogens with one attached hydrogen (secondary N) is 1. The number of aryl methyl sites for hydroxylation is 1. The van der Waals surface area contributed by atoms with Gasteiger partial charge in [0.1, 0.15) is 12.0 Å². The van der Waals surface area contributed by atoms with Gasteiger partial charge in [0.15, 0.2) is 5.69 Å². The average Bonchev–Trinajstić information content (AvgIpc) is 2.43. The Balaban J connectivity index is 2.82. The fraction of sp³-hybridized carbons (Fsp3) is 0.125. The minimum Gasteiger partial charge on any atom is -0.476 e. The molecule has 0 unspecified atom stereocenters. The Labute approximate surface area is 73.4 Å². The molecule has 0 amide bonds. The molecular weight excluding hydrogens is 170 g/mol. The molecule has 0 fully saturated rings. The monoisotopic (exact) mass is 177 g/mol. The van der Waals surface area contributed by atoms with E-state index in [1.54, 1.807) is 6.07 Å². The fourth-order valence-electron chi connectivity index (χ4n) is 1.24. The van der Waals surface area contributed by atoms with E-state index < -0.39 is 5.97 Å². The molecule has 0 aliphatic rings. The molecule has 0 aromatic carbocycles. The van der Waals surface area contributed by atoms with Crippen LogP contribution in [-0.4, -0.2) is 26.0 Å². The van der Waals surface area contributed by atoms with Crippen molar-refractivity contribution < 1.29 is 9.90 Å². The third kappa shape index (κ3) is 1.14. The van der Waals surface area contributed by atoms with E-state index in [1.165, 1.54) is 6.33 Å². The highest BCUT2D eigenvalue weighted by Gasteiger charge is 2.11. The lowest BCUT2D eigenvalue weighted by Crippen LogP contribution is -2.00. The number of hydrogen-bond acceptors (Lipinski definition) is 3. The molecule has 2 aromatic rings. The van der Waals surface area contributed by atoms with Crippen LogP contribution in [0, 0.1) is 6.92 Å². The van der Waals surface area contributed by atoms with Crippen molar-refractivity contribution in [2.24, 2.45) is 0 Å². The second kappa shape index (κ2) is 2.55. The van der Waals surface area contributed by atoms with Crippen LogP contribution in [0.5, 0.6) is 0 Å². The number of carboxylic acid groups (broad SMARTS) is 1. The summed E-state index contributed by atoms with van der Waals surface area (Å²) in [4.78, 5) is 21.3. The summed E-state index contributed by atoms with van der Waals surface area (Å²) in [6.45, 7) is 1.84. The molecule has 0 bridgehead atoms. The van der Waals surface area contributed by atoms with Crippen LogP contribution in [-0.2, 0) is 0 Å². The summed E-state index contributed by atoms with van der Waals surface area (Å²) in [6, 6.07) is 1.72. The fourth-order valence-corrected chi connectivity index (χ4v) is 1.24. The number of aromatic carboxylic acids is 1. The SMILES string of the molecule is Cc1cc2c(C(=O)O)ncnc2[nH]1. The predicted octanol–water partition coefficient (Wildman–Crippen LogP) is 0.965. The lowest BCUT2D eigenvalue weighted by molar-refractivity contribution is 0.0692. The predicted molar refractivity (Wildman–Crippen MR) is 45.6 cm³/mol. The van der Waals surface area contributed by atoms with Crippen LogP contribution < -0.4 is 0 Å². The first-order chi connectivity index (χ1) is 6.18. The zero-order chi connectivity index (χ0) is 9.42. The highest BCUT2D eigenvalue weighted by atomic mass is 16.4. The number of carboxylic acids is 1. The normalized spacial score (nSPS) is 10.5. The molecule has 0 radical (unpaired) electrons. The van der Waals surface area contributed by atoms with E-state index >= 15 is 0 Å². The smallest absolute Gasteiger partial charge is 0.355 e. The summed E-state index contributed by atoms with van der Waals surface area (Å²) in [7, 11) is 0. The van der Waals surface area contributed by atoms with Gasteiger partial charge in [-0.2, -0.15) is 0 Å². The zero-order valence-corrected chi connectivity index (χ0v) is 6.90. The zero-order valence-electron chi connectivity index (χ0n) is 6.90. The number of rotatable bonds is 1. The van der Waals surface area contributed by atoms with E-state index in [0.717, 1.165) is 5.69 Å². The molecule has 0 atom stereocenters. The van der Waals surface area contributed by atoms with Crippen molar-refractivity contribution in [2.75, 3.05) is 0 Å². The van der Waals surface area contributed by atoms with Crippen LogP contribution in [0.25, 0.3) is 11.0 Å². The van der Waals surface area contributed by atoms with Crippen molar-refractivity contribution in [1.29, 1.82) is 0 Å². The summed E-state index contributed by atoms with van der Waals surface area (Å²) in [5.74, 6) is -1.04. The van der Waals surface area contributed by atoms with Crippen molar-refractivity contribution in [3.63, 3.8) is 0 Å². The standard InChI is InChI=1S/C8H7N3O2/c1-4-2-5-6(8(12)13)9-3-10-7(5)11-4/h2-3H,1H3,(H,12,13)(H,9,10,11). The largest absolute Gasteiger partial charge is 0.476 e. The molecule has 0 saturated carbocycles. The van der Waals surface area contributed by atoms with E-state index in [0.29, 0.717) is 11.0 Å². The average molecular weight is 177 g/mol. The Morgan fingerprint density at radius 2 is 2.31 bits per heavy atom. The lowest BCUT2D eigenvalue weighted by Gasteiger charge is -1.92. The second-order valence-corrected chi connectivity index (χ2v) is 2.74. The van der Waals surface area contributed by atoms with Crippen molar-refractivity contribution >= 4 is 17.0 Å². The molecule has 66 valence electrons. The van der Waals surface area contributed by atoms with Gasteiger partial charge in [0.05, 0.1) is 5.39 Å². The molecule has 2 heterocycles. The number of aromatic nitrogens is 3. The maximum absolute atomic E-state index is 10.7. The highest BCUT2D eigenvalue weighted by molar-refractivity contribution is 5.99. The summed E-state index contributed by atoms with van der Waals surface area (Å²) in [6.07, 6.45) is 1.24. The van der Waals surface area contributed by atoms with Gasteiger partial charge in [0, 0.05) is 5.69 Å². The van der Waals surface area contributed by atoms with Gasteiger partial charge in [-0.25, -0.2) is 14.8 Å². The van der Waals surface area contributed by atoms with Gasteiger partial charge in [-0.3, -0.25) is 0 Å². The van der Waals surface area contributed by atoms with Gasteiger partial charge >= 0.3 is 5.97 Å². The Bertz CT molecular complexity index is 475. The molecule has 2 aromatic heterocycles. The van der Waals surface area contributed by atoms with E-state index in [9.17, 15) is 4.79 Å². The molecule has 5 heteroatoms. The Kier molecular flexibility index (Phi) is 1.51. The third-order valence-corrected chi connectivity index (χ3v) is 1.76. The number of fused-ring (bicyclic) bond motifs is 1. The molecule has 5 nitrogen and oxygen atoms in total. The van der Waals surface area contributed by atoms with Gasteiger partial charge in [0.2, 0.25) is 0 Å². The minimum absolute atomic E-state index is 0.0364. The van der Waals surface area contributed by atoms with Gasteiger partial charge in [-0.1, -0.05) is 0 Å². The van der Waals surface area contributed by atoms with Crippen LogP contribution in [0.3, 0.4) is 0 Å². The summed E-state index contributed by atoms with van der Waals surface area (Å²) in [5.41, 5.74) is 1.47. The van der Waals surface area contributed by atoms with Crippen LogP contribution in [0.15, 0.2) is 12.4 Å². The van der Waals surface area contributed by atoms with Crippen molar-refractivity contribution in [3.05, 3.63) is 23.8 Å². The summed E-state index contributed by atoms with van der Waals surface area (Å²) < 4.78 is 0. The van der Waals surface area contributed by atoms with E-state index in [1.807, 2.05) is 6.92 Å².